The highest BCUT2D eigenvalue weighted by Crippen LogP contribution is 2.34. The monoisotopic (exact) mass is 266 g/mol. The quantitative estimate of drug-likeness (QED) is 0.759. The molecule has 0 amide bonds. The van der Waals surface area contributed by atoms with Crippen molar-refractivity contribution >= 4 is 0 Å². The zero-order valence-corrected chi connectivity index (χ0v) is 12.7. The third-order valence-electron chi connectivity index (χ3n) is 5.21. The van der Waals surface area contributed by atoms with Crippen LogP contribution in [0.15, 0.2) is 0 Å². The van der Waals surface area contributed by atoms with Gasteiger partial charge >= 0.3 is 0 Å². The van der Waals surface area contributed by atoms with Crippen molar-refractivity contribution in [3.05, 3.63) is 0 Å². The average molecular weight is 266 g/mol. The highest BCUT2D eigenvalue weighted by molar-refractivity contribution is 4.93. The van der Waals surface area contributed by atoms with Crippen LogP contribution in [-0.4, -0.2) is 61.3 Å². The summed E-state index contributed by atoms with van der Waals surface area (Å²) in [6, 6.07) is 0.771. The average Bonchev–Trinajstić information content (AvgIpc) is 2.76. The molecule has 3 aliphatic rings. The zero-order chi connectivity index (χ0) is 13.2. The number of hydrogen-bond acceptors (Lipinski definition) is 3. The lowest BCUT2D eigenvalue weighted by molar-refractivity contribution is 0.0541. The van der Waals surface area contributed by atoms with E-state index in [-0.39, 0.29) is 0 Å². The highest BCUT2D eigenvalue weighted by atomic mass is 16.5. The molecule has 3 rings (SSSR count). The summed E-state index contributed by atoms with van der Waals surface area (Å²) in [4.78, 5) is 5.39. The second kappa shape index (κ2) is 6.11. The molecule has 0 spiro atoms. The summed E-state index contributed by atoms with van der Waals surface area (Å²) in [5.41, 5.74) is 0. The summed E-state index contributed by atoms with van der Waals surface area (Å²) in [6.45, 7) is 11.9. The molecular weight excluding hydrogens is 236 g/mol. The largest absolute Gasteiger partial charge is 0.377 e. The van der Waals surface area contributed by atoms with Crippen molar-refractivity contribution in [3.63, 3.8) is 0 Å². The molecule has 3 heteroatoms. The van der Waals surface area contributed by atoms with Gasteiger partial charge in [0, 0.05) is 45.4 Å². The molecule has 0 aromatic rings. The SMILES string of the molecule is CCCOC1CC2CN(CC3CC(C)C3)CCN2C1. The van der Waals surface area contributed by atoms with E-state index in [1.165, 1.54) is 52.0 Å². The molecule has 2 saturated heterocycles. The molecule has 2 heterocycles. The predicted molar refractivity (Wildman–Crippen MR) is 78.3 cm³/mol. The smallest absolute Gasteiger partial charge is 0.0717 e. The molecular formula is C16H30N2O. The Bertz CT molecular complexity index is 290. The summed E-state index contributed by atoms with van der Waals surface area (Å²) in [6.07, 6.45) is 5.85. The molecule has 19 heavy (non-hydrogen) atoms. The Kier molecular flexibility index (Phi) is 4.45. The molecule has 1 saturated carbocycles. The van der Waals surface area contributed by atoms with Gasteiger partial charge < -0.3 is 9.64 Å². The maximum absolute atomic E-state index is 5.95. The van der Waals surface area contributed by atoms with E-state index in [1.807, 2.05) is 0 Å². The first-order valence-electron chi connectivity index (χ1n) is 8.32. The predicted octanol–water partition coefficient (Wildman–Crippen LogP) is 2.22. The minimum Gasteiger partial charge on any atom is -0.377 e. The van der Waals surface area contributed by atoms with E-state index in [9.17, 15) is 0 Å². The molecule has 0 radical (unpaired) electrons. The fourth-order valence-corrected chi connectivity index (χ4v) is 4.22. The van der Waals surface area contributed by atoms with Crippen LogP contribution in [-0.2, 0) is 4.74 Å². The topological polar surface area (TPSA) is 15.7 Å². The number of ether oxygens (including phenoxy) is 1. The third-order valence-corrected chi connectivity index (χ3v) is 5.21. The number of nitrogens with zero attached hydrogens (tertiary/aromatic N) is 2. The van der Waals surface area contributed by atoms with Gasteiger partial charge in [-0.1, -0.05) is 13.8 Å². The van der Waals surface area contributed by atoms with Gasteiger partial charge in [0.2, 0.25) is 0 Å². The van der Waals surface area contributed by atoms with Crippen LogP contribution in [0.5, 0.6) is 0 Å². The molecule has 0 bridgehead atoms. The fraction of sp³-hybridized carbons (Fsp3) is 1.00. The van der Waals surface area contributed by atoms with E-state index in [4.69, 9.17) is 4.74 Å². The summed E-state index contributed by atoms with van der Waals surface area (Å²) in [7, 11) is 0. The van der Waals surface area contributed by atoms with Crippen LogP contribution >= 0.6 is 0 Å². The van der Waals surface area contributed by atoms with Crippen molar-refractivity contribution in [2.24, 2.45) is 11.8 Å². The Morgan fingerprint density at radius 3 is 2.68 bits per heavy atom. The minimum atomic E-state index is 0.508. The van der Waals surface area contributed by atoms with Crippen molar-refractivity contribution in [1.29, 1.82) is 0 Å². The molecule has 3 nitrogen and oxygen atoms in total. The van der Waals surface area contributed by atoms with Gasteiger partial charge in [0.25, 0.3) is 0 Å². The van der Waals surface area contributed by atoms with E-state index < -0.39 is 0 Å². The lowest BCUT2D eigenvalue weighted by atomic mass is 9.76. The van der Waals surface area contributed by atoms with Gasteiger partial charge in [0.1, 0.15) is 0 Å². The third kappa shape index (κ3) is 3.32. The molecule has 1 aliphatic carbocycles. The summed E-state index contributed by atoms with van der Waals surface area (Å²) in [5, 5.41) is 0. The van der Waals surface area contributed by atoms with Crippen LogP contribution < -0.4 is 0 Å². The Labute approximate surface area is 118 Å². The van der Waals surface area contributed by atoms with E-state index in [2.05, 4.69) is 23.6 Å². The first-order valence-corrected chi connectivity index (χ1v) is 8.32. The van der Waals surface area contributed by atoms with Crippen LogP contribution in [0.2, 0.25) is 0 Å². The van der Waals surface area contributed by atoms with E-state index >= 15 is 0 Å². The van der Waals surface area contributed by atoms with E-state index in [0.29, 0.717) is 6.10 Å². The molecule has 0 N–H and O–H groups in total. The summed E-state index contributed by atoms with van der Waals surface area (Å²) < 4.78 is 5.95. The normalized spacial score (nSPS) is 40.1. The summed E-state index contributed by atoms with van der Waals surface area (Å²) in [5.74, 6) is 1.99. The van der Waals surface area contributed by atoms with Gasteiger partial charge in [0.15, 0.2) is 0 Å². The molecule has 0 aromatic heterocycles. The Hall–Kier alpha value is -0.120. The van der Waals surface area contributed by atoms with Gasteiger partial charge in [0.05, 0.1) is 6.10 Å². The van der Waals surface area contributed by atoms with E-state index in [1.54, 1.807) is 0 Å². The fourth-order valence-electron chi connectivity index (χ4n) is 4.22. The first kappa shape index (κ1) is 13.8. The maximum atomic E-state index is 5.95. The van der Waals surface area contributed by atoms with Gasteiger partial charge in [-0.2, -0.15) is 0 Å². The van der Waals surface area contributed by atoms with Crippen molar-refractivity contribution in [1.82, 2.24) is 9.80 Å². The Morgan fingerprint density at radius 1 is 1.11 bits per heavy atom. The maximum Gasteiger partial charge on any atom is 0.0717 e. The van der Waals surface area contributed by atoms with Crippen molar-refractivity contribution in [2.75, 3.05) is 39.3 Å². The van der Waals surface area contributed by atoms with Crippen LogP contribution in [0.3, 0.4) is 0 Å². The van der Waals surface area contributed by atoms with Gasteiger partial charge in [-0.05, 0) is 37.5 Å². The molecule has 0 aromatic carbocycles. The van der Waals surface area contributed by atoms with E-state index in [0.717, 1.165) is 30.9 Å². The second-order valence-electron chi connectivity index (χ2n) is 7.08. The van der Waals surface area contributed by atoms with Crippen LogP contribution in [0.25, 0.3) is 0 Å². The lowest BCUT2D eigenvalue weighted by Crippen LogP contribution is -2.52. The number of hydrogen-bond donors (Lipinski definition) is 0. The standard InChI is InChI=1S/C16H30N2O/c1-3-6-19-16-9-15-11-17(4-5-18(15)12-16)10-14-7-13(2)8-14/h13-16H,3-12H2,1-2H3. The number of rotatable bonds is 5. The second-order valence-corrected chi connectivity index (χ2v) is 7.08. The van der Waals surface area contributed by atoms with Crippen LogP contribution in [0, 0.1) is 11.8 Å². The van der Waals surface area contributed by atoms with Crippen molar-refractivity contribution in [2.45, 2.75) is 51.7 Å². The molecule has 110 valence electrons. The van der Waals surface area contributed by atoms with Crippen molar-refractivity contribution < 1.29 is 4.74 Å². The Balaban J connectivity index is 1.42. The van der Waals surface area contributed by atoms with Gasteiger partial charge in [-0.15, -0.1) is 0 Å². The number of fused-ring (bicyclic) bond motifs is 1. The zero-order valence-electron chi connectivity index (χ0n) is 12.7. The first-order chi connectivity index (χ1) is 9.24. The highest BCUT2D eigenvalue weighted by Gasteiger charge is 2.37. The minimum absolute atomic E-state index is 0.508. The Morgan fingerprint density at radius 2 is 1.95 bits per heavy atom. The lowest BCUT2D eigenvalue weighted by Gasteiger charge is -2.42. The van der Waals surface area contributed by atoms with Gasteiger partial charge in [-0.3, -0.25) is 4.90 Å². The van der Waals surface area contributed by atoms with Crippen LogP contribution in [0.4, 0.5) is 0 Å². The molecule has 3 fully saturated rings. The van der Waals surface area contributed by atoms with Crippen LogP contribution in [0.1, 0.15) is 39.5 Å². The molecule has 2 aliphatic heterocycles. The molecule has 2 unspecified atom stereocenters. The number of piperazine rings is 1. The van der Waals surface area contributed by atoms with Crippen molar-refractivity contribution in [3.8, 4) is 0 Å². The molecule has 2 atom stereocenters. The summed E-state index contributed by atoms with van der Waals surface area (Å²) >= 11 is 0. The van der Waals surface area contributed by atoms with Gasteiger partial charge in [-0.25, -0.2) is 0 Å².